The molecule has 0 spiro atoms. The molecule has 1 N–H and O–H groups in total. The zero-order valence-electron chi connectivity index (χ0n) is 17.7. The van der Waals surface area contributed by atoms with Gasteiger partial charge in [0.1, 0.15) is 5.75 Å². The SMILES string of the molecule is COc1ccccc1C(C)NC(=O)CN1CCCC1CN1CC(C)OC(C)C1. The molecule has 0 aromatic heterocycles. The van der Waals surface area contributed by atoms with Crippen molar-refractivity contribution >= 4 is 5.91 Å². The Morgan fingerprint density at radius 1 is 1.29 bits per heavy atom. The summed E-state index contributed by atoms with van der Waals surface area (Å²) in [6, 6.07) is 8.22. The van der Waals surface area contributed by atoms with Crippen LogP contribution >= 0.6 is 0 Å². The van der Waals surface area contributed by atoms with Crippen LogP contribution < -0.4 is 10.1 Å². The van der Waals surface area contributed by atoms with Gasteiger partial charge >= 0.3 is 0 Å². The predicted octanol–water partition coefficient (Wildman–Crippen LogP) is 2.45. The largest absolute Gasteiger partial charge is 0.496 e. The number of carbonyl (C=O) groups excluding carboxylic acids is 1. The lowest BCUT2D eigenvalue weighted by Crippen LogP contribution is -2.51. The van der Waals surface area contributed by atoms with Gasteiger partial charge < -0.3 is 14.8 Å². The topological polar surface area (TPSA) is 54.0 Å². The van der Waals surface area contributed by atoms with Crippen molar-refractivity contribution in [2.75, 3.05) is 39.8 Å². The molecule has 4 atom stereocenters. The van der Waals surface area contributed by atoms with E-state index in [4.69, 9.17) is 9.47 Å². The molecular formula is C22H35N3O3. The smallest absolute Gasteiger partial charge is 0.234 e. The van der Waals surface area contributed by atoms with Crippen LogP contribution in [0.15, 0.2) is 24.3 Å². The summed E-state index contributed by atoms with van der Waals surface area (Å²) in [5, 5.41) is 3.14. The van der Waals surface area contributed by atoms with Gasteiger partial charge in [-0.25, -0.2) is 0 Å². The molecule has 4 unspecified atom stereocenters. The van der Waals surface area contributed by atoms with Crippen molar-refractivity contribution < 1.29 is 14.3 Å². The molecule has 6 heteroatoms. The molecule has 156 valence electrons. The maximum Gasteiger partial charge on any atom is 0.234 e. The average molecular weight is 390 g/mol. The van der Waals surface area contributed by atoms with E-state index in [9.17, 15) is 4.79 Å². The molecular weight excluding hydrogens is 354 g/mol. The third kappa shape index (κ3) is 5.46. The number of likely N-dealkylation sites (tertiary alicyclic amines) is 1. The fourth-order valence-corrected chi connectivity index (χ4v) is 4.62. The minimum Gasteiger partial charge on any atom is -0.496 e. The Bertz CT molecular complexity index is 644. The maximum atomic E-state index is 12.7. The van der Waals surface area contributed by atoms with Crippen molar-refractivity contribution in [1.29, 1.82) is 0 Å². The van der Waals surface area contributed by atoms with Crippen molar-refractivity contribution in [2.24, 2.45) is 0 Å². The first-order valence-electron chi connectivity index (χ1n) is 10.5. The number of rotatable bonds is 7. The number of para-hydroxylation sites is 1. The number of ether oxygens (including phenoxy) is 2. The van der Waals surface area contributed by atoms with E-state index in [-0.39, 0.29) is 24.2 Å². The minimum atomic E-state index is -0.0781. The van der Waals surface area contributed by atoms with Crippen molar-refractivity contribution in [3.8, 4) is 5.75 Å². The quantitative estimate of drug-likeness (QED) is 0.776. The van der Waals surface area contributed by atoms with Gasteiger partial charge in [0, 0.05) is 31.2 Å². The van der Waals surface area contributed by atoms with Crippen LogP contribution in [0.1, 0.15) is 45.2 Å². The van der Waals surface area contributed by atoms with Gasteiger partial charge in [-0.15, -0.1) is 0 Å². The highest BCUT2D eigenvalue weighted by Crippen LogP contribution is 2.25. The molecule has 0 saturated carbocycles. The van der Waals surface area contributed by atoms with Crippen molar-refractivity contribution in [3.63, 3.8) is 0 Å². The van der Waals surface area contributed by atoms with E-state index in [0.717, 1.165) is 50.3 Å². The molecule has 0 bridgehead atoms. The Labute approximate surface area is 169 Å². The maximum absolute atomic E-state index is 12.7. The summed E-state index contributed by atoms with van der Waals surface area (Å²) in [6.45, 7) is 10.7. The number of nitrogens with one attached hydrogen (secondary N) is 1. The number of carbonyl (C=O) groups is 1. The third-order valence-corrected chi connectivity index (χ3v) is 5.79. The summed E-state index contributed by atoms with van der Waals surface area (Å²) >= 11 is 0. The third-order valence-electron chi connectivity index (χ3n) is 5.79. The van der Waals surface area contributed by atoms with Gasteiger partial charge in [0.05, 0.1) is 31.9 Å². The number of morpholine rings is 1. The van der Waals surface area contributed by atoms with Crippen LogP contribution in [0.2, 0.25) is 0 Å². The second kappa shape index (κ2) is 9.72. The number of hydrogen-bond acceptors (Lipinski definition) is 5. The van der Waals surface area contributed by atoms with E-state index in [1.165, 1.54) is 0 Å². The van der Waals surface area contributed by atoms with Crippen LogP contribution in [0.5, 0.6) is 5.75 Å². The highest BCUT2D eigenvalue weighted by molar-refractivity contribution is 5.78. The van der Waals surface area contributed by atoms with E-state index >= 15 is 0 Å². The van der Waals surface area contributed by atoms with Crippen LogP contribution in [-0.2, 0) is 9.53 Å². The predicted molar refractivity (Wildman–Crippen MR) is 111 cm³/mol. The van der Waals surface area contributed by atoms with Gasteiger partial charge in [0.15, 0.2) is 0 Å². The summed E-state index contributed by atoms with van der Waals surface area (Å²) in [4.78, 5) is 17.5. The molecule has 2 aliphatic heterocycles. The Balaban J connectivity index is 1.52. The zero-order valence-corrected chi connectivity index (χ0v) is 17.7. The van der Waals surface area contributed by atoms with Gasteiger partial charge in [0.25, 0.3) is 0 Å². The first-order chi connectivity index (χ1) is 13.5. The summed E-state index contributed by atoms with van der Waals surface area (Å²) in [5.41, 5.74) is 1.01. The lowest BCUT2D eigenvalue weighted by atomic mass is 10.1. The second-order valence-electron chi connectivity index (χ2n) is 8.27. The Hall–Kier alpha value is -1.63. The van der Waals surface area contributed by atoms with E-state index in [2.05, 4.69) is 29.0 Å². The fourth-order valence-electron chi connectivity index (χ4n) is 4.62. The van der Waals surface area contributed by atoms with Crippen molar-refractivity contribution in [1.82, 2.24) is 15.1 Å². The molecule has 0 aliphatic carbocycles. The van der Waals surface area contributed by atoms with Crippen LogP contribution in [0.3, 0.4) is 0 Å². The van der Waals surface area contributed by atoms with Crippen molar-refractivity contribution in [3.05, 3.63) is 29.8 Å². The van der Waals surface area contributed by atoms with Gasteiger partial charge in [0.2, 0.25) is 5.91 Å². The van der Waals surface area contributed by atoms with Crippen LogP contribution in [0.25, 0.3) is 0 Å². The van der Waals surface area contributed by atoms with E-state index < -0.39 is 0 Å². The molecule has 3 rings (SSSR count). The standard InChI is InChI=1S/C22H35N3O3/c1-16-12-24(13-17(2)28-16)14-19-8-7-11-25(19)15-22(26)23-18(3)20-9-5-6-10-21(20)27-4/h5-6,9-10,16-19H,7-8,11-15H2,1-4H3,(H,23,26). The molecule has 28 heavy (non-hydrogen) atoms. The second-order valence-corrected chi connectivity index (χ2v) is 8.27. The van der Waals surface area contributed by atoms with E-state index in [1.807, 2.05) is 31.2 Å². The lowest BCUT2D eigenvalue weighted by Gasteiger charge is -2.38. The number of amides is 1. The summed E-state index contributed by atoms with van der Waals surface area (Å²) in [5.74, 6) is 0.888. The Kier molecular flexibility index (Phi) is 7.32. The Morgan fingerprint density at radius 3 is 2.71 bits per heavy atom. The number of methoxy groups -OCH3 is 1. The van der Waals surface area contributed by atoms with Crippen LogP contribution in [-0.4, -0.2) is 73.8 Å². The van der Waals surface area contributed by atoms with Crippen molar-refractivity contribution in [2.45, 2.75) is 57.9 Å². The average Bonchev–Trinajstić information content (AvgIpc) is 3.07. The summed E-state index contributed by atoms with van der Waals surface area (Å²) in [7, 11) is 1.66. The summed E-state index contributed by atoms with van der Waals surface area (Å²) < 4.78 is 11.3. The molecule has 6 nitrogen and oxygen atoms in total. The highest BCUT2D eigenvalue weighted by Gasteiger charge is 2.31. The lowest BCUT2D eigenvalue weighted by molar-refractivity contribution is -0.123. The first kappa shape index (κ1) is 21.1. The van der Waals surface area contributed by atoms with Gasteiger partial charge in [-0.2, -0.15) is 0 Å². The minimum absolute atomic E-state index is 0.0778. The molecule has 2 fully saturated rings. The first-order valence-corrected chi connectivity index (χ1v) is 10.5. The molecule has 1 amide bonds. The Morgan fingerprint density at radius 2 is 2.00 bits per heavy atom. The molecule has 1 aromatic rings. The highest BCUT2D eigenvalue weighted by atomic mass is 16.5. The molecule has 2 heterocycles. The monoisotopic (exact) mass is 389 g/mol. The van der Waals surface area contributed by atoms with E-state index in [0.29, 0.717) is 12.6 Å². The van der Waals surface area contributed by atoms with E-state index in [1.54, 1.807) is 7.11 Å². The zero-order chi connectivity index (χ0) is 20.1. The molecule has 2 aliphatic rings. The van der Waals surface area contributed by atoms with Gasteiger partial charge in [-0.1, -0.05) is 18.2 Å². The molecule has 0 radical (unpaired) electrons. The fraction of sp³-hybridized carbons (Fsp3) is 0.682. The normalized spacial score (nSPS) is 27.5. The summed E-state index contributed by atoms with van der Waals surface area (Å²) in [6.07, 6.45) is 2.89. The molecule has 1 aromatic carbocycles. The van der Waals surface area contributed by atoms with Gasteiger partial charge in [-0.3, -0.25) is 14.6 Å². The van der Waals surface area contributed by atoms with Crippen LogP contribution in [0.4, 0.5) is 0 Å². The molecule has 2 saturated heterocycles. The number of benzene rings is 1. The number of hydrogen-bond donors (Lipinski definition) is 1. The van der Waals surface area contributed by atoms with Crippen LogP contribution in [0, 0.1) is 0 Å². The van der Waals surface area contributed by atoms with Gasteiger partial charge in [-0.05, 0) is 46.2 Å². The number of nitrogens with zero attached hydrogens (tertiary/aromatic N) is 2.